The summed E-state index contributed by atoms with van der Waals surface area (Å²) in [6.07, 6.45) is 4.26. The molecule has 2 rings (SSSR count). The van der Waals surface area contributed by atoms with Crippen molar-refractivity contribution in [3.05, 3.63) is 24.3 Å². The van der Waals surface area contributed by atoms with Crippen molar-refractivity contribution >= 4 is 29.3 Å². The van der Waals surface area contributed by atoms with Crippen LogP contribution in [0.1, 0.15) is 19.8 Å². The van der Waals surface area contributed by atoms with Crippen molar-refractivity contribution in [1.29, 1.82) is 0 Å². The molecule has 0 aliphatic carbocycles. The van der Waals surface area contributed by atoms with Gasteiger partial charge >= 0.3 is 0 Å². The van der Waals surface area contributed by atoms with E-state index in [0.29, 0.717) is 6.54 Å². The van der Waals surface area contributed by atoms with Crippen LogP contribution in [0.5, 0.6) is 0 Å². The van der Waals surface area contributed by atoms with Gasteiger partial charge in [-0.1, -0.05) is 19.1 Å². The molecule has 132 valence electrons. The largest absolute Gasteiger partial charge is 0.335 e. The van der Waals surface area contributed by atoms with Crippen LogP contribution in [0.3, 0.4) is 0 Å². The molecule has 0 atom stereocenters. The first kappa shape index (κ1) is 18.8. The van der Waals surface area contributed by atoms with E-state index in [0.717, 1.165) is 42.4 Å². The standard InChI is InChI=1S/C18H27N3O2S/c1-14-8-10-21(11-9-14)13-18(23)20(2)12-17(22)19-15-6-4-5-7-16(15)24-3/h4-7,14H,8-13H2,1-3H3,(H,19,22). The van der Waals surface area contributed by atoms with E-state index in [1.54, 1.807) is 18.8 Å². The average Bonchev–Trinajstić information content (AvgIpc) is 2.57. The molecule has 1 N–H and O–H groups in total. The highest BCUT2D eigenvalue weighted by atomic mass is 32.2. The predicted octanol–water partition coefficient (Wildman–Crippen LogP) is 2.54. The van der Waals surface area contributed by atoms with Crippen LogP contribution in [0.4, 0.5) is 5.69 Å². The Kier molecular flexibility index (Phi) is 7.12. The quantitative estimate of drug-likeness (QED) is 0.802. The fourth-order valence-electron chi connectivity index (χ4n) is 2.77. The number of para-hydroxylation sites is 1. The van der Waals surface area contributed by atoms with Gasteiger partial charge in [-0.15, -0.1) is 11.8 Å². The Hall–Kier alpha value is -1.53. The number of amides is 2. The van der Waals surface area contributed by atoms with Crippen LogP contribution in [-0.2, 0) is 9.59 Å². The summed E-state index contributed by atoms with van der Waals surface area (Å²) in [6, 6.07) is 7.67. The van der Waals surface area contributed by atoms with Crippen molar-refractivity contribution in [2.75, 3.05) is 44.8 Å². The summed E-state index contributed by atoms with van der Waals surface area (Å²) in [5, 5.41) is 2.89. The second-order valence-corrected chi connectivity index (χ2v) is 7.31. The van der Waals surface area contributed by atoms with Crippen molar-refractivity contribution in [2.45, 2.75) is 24.7 Å². The Balaban J connectivity index is 1.81. The van der Waals surface area contributed by atoms with Crippen LogP contribution < -0.4 is 5.32 Å². The van der Waals surface area contributed by atoms with Crippen molar-refractivity contribution in [1.82, 2.24) is 9.80 Å². The molecule has 1 fully saturated rings. The normalized spacial score (nSPS) is 16.0. The predicted molar refractivity (Wildman–Crippen MR) is 99.3 cm³/mol. The highest BCUT2D eigenvalue weighted by Gasteiger charge is 2.20. The number of rotatable bonds is 6. The summed E-state index contributed by atoms with van der Waals surface area (Å²) >= 11 is 1.58. The maximum atomic E-state index is 12.3. The third-order valence-corrected chi connectivity index (χ3v) is 5.22. The number of thioether (sulfide) groups is 1. The van der Waals surface area contributed by atoms with Crippen LogP contribution in [0, 0.1) is 5.92 Å². The zero-order valence-corrected chi connectivity index (χ0v) is 15.6. The molecule has 0 radical (unpaired) electrons. The lowest BCUT2D eigenvalue weighted by molar-refractivity contribution is -0.134. The smallest absolute Gasteiger partial charge is 0.244 e. The van der Waals surface area contributed by atoms with Gasteiger partial charge in [-0.3, -0.25) is 14.5 Å². The van der Waals surface area contributed by atoms with Crippen molar-refractivity contribution in [3.8, 4) is 0 Å². The molecule has 1 heterocycles. The molecule has 1 saturated heterocycles. The number of hydrogen-bond donors (Lipinski definition) is 1. The third-order valence-electron chi connectivity index (χ3n) is 4.42. The lowest BCUT2D eigenvalue weighted by atomic mass is 9.99. The molecule has 0 bridgehead atoms. The summed E-state index contributed by atoms with van der Waals surface area (Å²) in [6.45, 7) is 4.66. The maximum absolute atomic E-state index is 12.3. The monoisotopic (exact) mass is 349 g/mol. The van der Waals surface area contributed by atoms with Crippen LogP contribution in [0.2, 0.25) is 0 Å². The van der Waals surface area contributed by atoms with E-state index in [2.05, 4.69) is 17.1 Å². The number of nitrogens with zero attached hydrogens (tertiary/aromatic N) is 2. The van der Waals surface area contributed by atoms with E-state index < -0.39 is 0 Å². The fraction of sp³-hybridized carbons (Fsp3) is 0.556. The van der Waals surface area contributed by atoms with Gasteiger partial charge in [0.05, 0.1) is 18.8 Å². The van der Waals surface area contributed by atoms with Crippen LogP contribution in [0.25, 0.3) is 0 Å². The minimum absolute atomic E-state index is 0.00199. The van der Waals surface area contributed by atoms with Gasteiger partial charge in [0.1, 0.15) is 0 Å². The first-order chi connectivity index (χ1) is 11.5. The SMILES string of the molecule is CSc1ccccc1NC(=O)CN(C)C(=O)CN1CCC(C)CC1. The molecular weight excluding hydrogens is 322 g/mol. The van der Waals surface area contributed by atoms with E-state index in [-0.39, 0.29) is 18.4 Å². The highest BCUT2D eigenvalue weighted by Crippen LogP contribution is 2.24. The Labute approximate surface area is 148 Å². The molecule has 1 aromatic rings. The van der Waals surface area contributed by atoms with E-state index in [1.165, 1.54) is 4.90 Å². The number of nitrogens with one attached hydrogen (secondary N) is 1. The number of hydrogen-bond acceptors (Lipinski definition) is 4. The van der Waals surface area contributed by atoms with Gasteiger partial charge in [0.25, 0.3) is 0 Å². The van der Waals surface area contributed by atoms with E-state index in [1.807, 2.05) is 30.5 Å². The van der Waals surface area contributed by atoms with Gasteiger partial charge in [0.2, 0.25) is 11.8 Å². The summed E-state index contributed by atoms with van der Waals surface area (Å²) < 4.78 is 0. The Morgan fingerprint density at radius 2 is 1.96 bits per heavy atom. The van der Waals surface area contributed by atoms with Gasteiger partial charge in [0, 0.05) is 11.9 Å². The van der Waals surface area contributed by atoms with Gasteiger partial charge in [-0.25, -0.2) is 0 Å². The molecule has 0 spiro atoms. The number of piperidine rings is 1. The zero-order valence-electron chi connectivity index (χ0n) is 14.7. The van der Waals surface area contributed by atoms with E-state index in [4.69, 9.17) is 0 Å². The molecule has 6 heteroatoms. The Morgan fingerprint density at radius 3 is 2.62 bits per heavy atom. The topological polar surface area (TPSA) is 52.7 Å². The number of likely N-dealkylation sites (tertiary alicyclic amines) is 1. The van der Waals surface area contributed by atoms with Crippen LogP contribution in [0.15, 0.2) is 29.2 Å². The van der Waals surface area contributed by atoms with E-state index in [9.17, 15) is 9.59 Å². The van der Waals surface area contributed by atoms with Gasteiger partial charge in [-0.2, -0.15) is 0 Å². The fourth-order valence-corrected chi connectivity index (χ4v) is 3.33. The van der Waals surface area contributed by atoms with Gasteiger partial charge < -0.3 is 10.2 Å². The number of likely N-dealkylation sites (N-methyl/N-ethyl adjacent to an activating group) is 1. The Morgan fingerprint density at radius 1 is 1.29 bits per heavy atom. The van der Waals surface area contributed by atoms with Crippen molar-refractivity contribution < 1.29 is 9.59 Å². The van der Waals surface area contributed by atoms with Gasteiger partial charge in [0.15, 0.2) is 0 Å². The Bertz CT molecular complexity index is 571. The highest BCUT2D eigenvalue weighted by molar-refractivity contribution is 7.98. The van der Waals surface area contributed by atoms with Crippen molar-refractivity contribution in [3.63, 3.8) is 0 Å². The average molecular weight is 350 g/mol. The number of carbonyl (C=O) groups is 2. The molecule has 5 nitrogen and oxygen atoms in total. The molecule has 0 unspecified atom stereocenters. The third kappa shape index (κ3) is 5.53. The van der Waals surface area contributed by atoms with Crippen LogP contribution in [-0.4, -0.2) is 61.1 Å². The number of anilines is 1. The van der Waals surface area contributed by atoms with E-state index >= 15 is 0 Å². The second kappa shape index (κ2) is 9.08. The molecule has 0 saturated carbocycles. The minimum atomic E-state index is -0.167. The van der Waals surface area contributed by atoms with Crippen LogP contribution >= 0.6 is 11.8 Å². The maximum Gasteiger partial charge on any atom is 0.244 e. The molecular formula is C18H27N3O2S. The number of benzene rings is 1. The van der Waals surface area contributed by atoms with Crippen molar-refractivity contribution in [2.24, 2.45) is 5.92 Å². The molecule has 0 aromatic heterocycles. The molecule has 1 aliphatic rings. The van der Waals surface area contributed by atoms with Gasteiger partial charge in [-0.05, 0) is 50.2 Å². The molecule has 24 heavy (non-hydrogen) atoms. The second-order valence-electron chi connectivity index (χ2n) is 6.46. The zero-order chi connectivity index (χ0) is 17.5. The lowest BCUT2D eigenvalue weighted by Crippen LogP contribution is -2.44. The first-order valence-electron chi connectivity index (χ1n) is 8.38. The summed E-state index contributed by atoms with van der Waals surface area (Å²) in [7, 11) is 1.69. The summed E-state index contributed by atoms with van der Waals surface area (Å²) in [5.74, 6) is 0.578. The number of carbonyl (C=O) groups excluding carboxylic acids is 2. The minimum Gasteiger partial charge on any atom is -0.335 e. The first-order valence-corrected chi connectivity index (χ1v) is 9.61. The summed E-state index contributed by atoms with van der Waals surface area (Å²) in [4.78, 5) is 29.2. The molecule has 1 aliphatic heterocycles. The lowest BCUT2D eigenvalue weighted by Gasteiger charge is -2.30. The summed E-state index contributed by atoms with van der Waals surface area (Å²) in [5.41, 5.74) is 0.792. The molecule has 2 amide bonds. The molecule has 1 aromatic carbocycles.